The van der Waals surface area contributed by atoms with Crippen molar-refractivity contribution in [3.8, 4) is 0 Å². The van der Waals surface area contributed by atoms with Crippen molar-refractivity contribution in [1.29, 1.82) is 0 Å². The van der Waals surface area contributed by atoms with Crippen LogP contribution in [0.1, 0.15) is 59.5 Å². The van der Waals surface area contributed by atoms with E-state index in [1.807, 2.05) is 30.3 Å². The third-order valence-electron chi connectivity index (χ3n) is 4.39. The van der Waals surface area contributed by atoms with Crippen molar-refractivity contribution in [2.75, 3.05) is 0 Å². The van der Waals surface area contributed by atoms with Gasteiger partial charge < -0.3 is 5.11 Å². The summed E-state index contributed by atoms with van der Waals surface area (Å²) in [7, 11) is 0. The molecular weight excluding hydrogens is 320 g/mol. The zero-order valence-corrected chi connectivity index (χ0v) is 14.7. The first-order chi connectivity index (χ1) is 11.6. The maximum atomic E-state index is 11.1. The smallest absolute Gasteiger partial charge is 0.335 e. The molecule has 1 N–H and O–H groups in total. The van der Waals surface area contributed by atoms with E-state index in [4.69, 9.17) is 16.7 Å². The number of carbonyl (C=O) groups is 1. The molecule has 0 saturated carbocycles. The molecule has 0 saturated heterocycles. The Balaban J connectivity index is 2.38. The fourth-order valence-corrected chi connectivity index (χ4v) is 3.33. The summed E-state index contributed by atoms with van der Waals surface area (Å²) in [5.41, 5.74) is 2.73. The average Bonchev–Trinajstić information content (AvgIpc) is 2.59. The number of hydrogen-bond donors (Lipinski definition) is 1. The molecule has 126 valence electrons. The van der Waals surface area contributed by atoms with E-state index in [0.29, 0.717) is 17.4 Å². The zero-order chi connectivity index (χ0) is 17.5. The second-order valence-corrected chi connectivity index (χ2v) is 6.44. The molecule has 0 aromatic heterocycles. The summed E-state index contributed by atoms with van der Waals surface area (Å²) in [4.78, 5) is 11.1. The van der Waals surface area contributed by atoms with E-state index in [2.05, 4.69) is 25.6 Å². The van der Waals surface area contributed by atoms with Crippen molar-refractivity contribution >= 4 is 17.6 Å². The Morgan fingerprint density at radius 2 is 1.62 bits per heavy atom. The Labute approximate surface area is 148 Å². The first-order valence-corrected chi connectivity index (χ1v) is 8.64. The van der Waals surface area contributed by atoms with Crippen LogP contribution in [0.25, 0.3) is 0 Å². The van der Waals surface area contributed by atoms with Gasteiger partial charge in [-0.3, -0.25) is 0 Å². The predicted octanol–water partition coefficient (Wildman–Crippen LogP) is 6.28. The first kappa shape index (κ1) is 18.3. The van der Waals surface area contributed by atoms with Crippen LogP contribution in [0.15, 0.2) is 61.2 Å². The number of halogens is 1. The van der Waals surface area contributed by atoms with E-state index in [1.54, 1.807) is 12.1 Å². The van der Waals surface area contributed by atoms with Gasteiger partial charge in [0.15, 0.2) is 0 Å². The number of rotatable bonds is 8. The number of carboxylic acid groups (broad SMARTS) is 1. The Kier molecular flexibility index (Phi) is 6.62. The minimum Gasteiger partial charge on any atom is -0.478 e. The standard InChI is InChI=1S/C21H23ClO2/c1-3-5-19(15-7-9-17(10-8-15)21(23)24)20(6-4-2)16-11-13-18(22)14-12-16/h4,7-14,19-20H,2-3,5-6H2,1H3,(H,23,24)/t19-,20?/m1/s1. The largest absolute Gasteiger partial charge is 0.478 e. The molecule has 0 bridgehead atoms. The molecule has 0 aliphatic carbocycles. The third-order valence-corrected chi connectivity index (χ3v) is 4.64. The molecule has 0 amide bonds. The van der Waals surface area contributed by atoms with Crippen molar-refractivity contribution in [3.63, 3.8) is 0 Å². The lowest BCUT2D eigenvalue weighted by molar-refractivity contribution is 0.0697. The van der Waals surface area contributed by atoms with Crippen LogP contribution in [0.4, 0.5) is 0 Å². The number of benzene rings is 2. The molecule has 2 aromatic carbocycles. The molecule has 0 aliphatic rings. The van der Waals surface area contributed by atoms with Gasteiger partial charge in [-0.1, -0.05) is 55.3 Å². The quantitative estimate of drug-likeness (QED) is 0.573. The van der Waals surface area contributed by atoms with Crippen LogP contribution < -0.4 is 0 Å². The van der Waals surface area contributed by atoms with Gasteiger partial charge in [0.05, 0.1) is 5.56 Å². The Hall–Kier alpha value is -2.06. The molecule has 0 spiro atoms. The molecule has 2 atom stereocenters. The molecule has 0 aliphatic heterocycles. The first-order valence-electron chi connectivity index (χ1n) is 8.26. The second-order valence-electron chi connectivity index (χ2n) is 6.00. The fourth-order valence-electron chi connectivity index (χ4n) is 3.21. The van der Waals surface area contributed by atoms with Crippen molar-refractivity contribution in [2.24, 2.45) is 0 Å². The molecule has 1 unspecified atom stereocenters. The summed E-state index contributed by atoms with van der Waals surface area (Å²) < 4.78 is 0. The van der Waals surface area contributed by atoms with Gasteiger partial charge >= 0.3 is 5.97 Å². The highest BCUT2D eigenvalue weighted by atomic mass is 35.5. The summed E-state index contributed by atoms with van der Waals surface area (Å²) in [5.74, 6) is -0.277. The fraction of sp³-hybridized carbons (Fsp3) is 0.286. The third kappa shape index (κ3) is 4.48. The average molecular weight is 343 g/mol. The molecular formula is C21H23ClO2. The van der Waals surface area contributed by atoms with Crippen molar-refractivity contribution in [2.45, 2.75) is 38.0 Å². The second kappa shape index (κ2) is 8.70. The Morgan fingerprint density at radius 1 is 1.08 bits per heavy atom. The summed E-state index contributed by atoms with van der Waals surface area (Å²) in [6.45, 7) is 6.09. The number of carboxylic acids is 1. The van der Waals surface area contributed by atoms with Crippen LogP contribution in [0.2, 0.25) is 5.02 Å². The number of hydrogen-bond acceptors (Lipinski definition) is 1. The van der Waals surface area contributed by atoms with E-state index in [-0.39, 0.29) is 0 Å². The van der Waals surface area contributed by atoms with Crippen molar-refractivity contribution < 1.29 is 9.90 Å². The SMILES string of the molecule is C=CCC(c1ccc(Cl)cc1)[C@H](CCC)c1ccc(C(=O)O)cc1. The normalized spacial score (nSPS) is 13.2. The molecule has 2 rings (SSSR count). The van der Waals surface area contributed by atoms with E-state index >= 15 is 0 Å². The molecule has 0 fully saturated rings. The Bertz CT molecular complexity index is 674. The maximum Gasteiger partial charge on any atom is 0.335 e. The minimum atomic E-state index is -0.895. The van der Waals surface area contributed by atoms with E-state index < -0.39 is 5.97 Å². The van der Waals surface area contributed by atoms with Crippen LogP contribution in [0.3, 0.4) is 0 Å². The van der Waals surface area contributed by atoms with E-state index in [0.717, 1.165) is 24.3 Å². The highest BCUT2D eigenvalue weighted by Crippen LogP contribution is 2.39. The summed E-state index contributed by atoms with van der Waals surface area (Å²) in [6.07, 6.45) is 4.92. The molecule has 3 heteroatoms. The Morgan fingerprint density at radius 3 is 2.12 bits per heavy atom. The van der Waals surface area contributed by atoms with Crippen LogP contribution in [-0.4, -0.2) is 11.1 Å². The van der Waals surface area contributed by atoms with Crippen molar-refractivity contribution in [1.82, 2.24) is 0 Å². The summed E-state index contributed by atoms with van der Waals surface area (Å²) >= 11 is 6.02. The molecule has 2 nitrogen and oxygen atoms in total. The molecule has 24 heavy (non-hydrogen) atoms. The van der Waals surface area contributed by atoms with Gasteiger partial charge in [0.1, 0.15) is 0 Å². The lowest BCUT2D eigenvalue weighted by Gasteiger charge is -2.27. The minimum absolute atomic E-state index is 0.301. The highest BCUT2D eigenvalue weighted by Gasteiger charge is 2.23. The van der Waals surface area contributed by atoms with Gasteiger partial charge in [0.25, 0.3) is 0 Å². The van der Waals surface area contributed by atoms with Gasteiger partial charge in [0.2, 0.25) is 0 Å². The summed E-state index contributed by atoms with van der Waals surface area (Å²) in [5, 5.41) is 9.82. The van der Waals surface area contributed by atoms with Crippen molar-refractivity contribution in [3.05, 3.63) is 82.9 Å². The van der Waals surface area contributed by atoms with E-state index in [1.165, 1.54) is 11.1 Å². The lowest BCUT2D eigenvalue weighted by atomic mass is 9.77. The van der Waals surface area contributed by atoms with Crippen LogP contribution in [0.5, 0.6) is 0 Å². The molecule has 0 radical (unpaired) electrons. The monoisotopic (exact) mass is 342 g/mol. The zero-order valence-electron chi connectivity index (χ0n) is 13.9. The summed E-state index contributed by atoms with van der Waals surface area (Å²) in [6, 6.07) is 15.2. The van der Waals surface area contributed by atoms with Gasteiger partial charge in [-0.25, -0.2) is 4.79 Å². The molecule has 2 aromatic rings. The number of allylic oxidation sites excluding steroid dienone is 1. The molecule has 0 heterocycles. The van der Waals surface area contributed by atoms with Crippen LogP contribution in [0, 0.1) is 0 Å². The van der Waals surface area contributed by atoms with Gasteiger partial charge in [-0.05, 0) is 60.1 Å². The van der Waals surface area contributed by atoms with Gasteiger partial charge in [-0.2, -0.15) is 0 Å². The predicted molar refractivity (Wildman–Crippen MR) is 100 cm³/mol. The van der Waals surface area contributed by atoms with Crippen LogP contribution in [-0.2, 0) is 0 Å². The maximum absolute atomic E-state index is 11.1. The van der Waals surface area contributed by atoms with Crippen LogP contribution >= 0.6 is 11.6 Å². The number of aromatic carboxylic acids is 1. The van der Waals surface area contributed by atoms with E-state index in [9.17, 15) is 4.79 Å². The van der Waals surface area contributed by atoms with Gasteiger partial charge in [0, 0.05) is 5.02 Å². The lowest BCUT2D eigenvalue weighted by Crippen LogP contribution is -2.12. The van der Waals surface area contributed by atoms with Gasteiger partial charge in [-0.15, -0.1) is 6.58 Å². The highest BCUT2D eigenvalue weighted by molar-refractivity contribution is 6.30. The topological polar surface area (TPSA) is 37.3 Å².